The van der Waals surface area contributed by atoms with Crippen LogP contribution < -0.4 is 4.74 Å². The molecule has 0 radical (unpaired) electrons. The topological polar surface area (TPSA) is 9.23 Å². The number of benzene rings is 1. The van der Waals surface area contributed by atoms with E-state index in [1.165, 1.54) is 37.7 Å². The lowest BCUT2D eigenvalue weighted by atomic mass is 9.76. The first kappa shape index (κ1) is 14.7. The molecule has 1 nitrogen and oxygen atoms in total. The maximum Gasteiger partial charge on any atom is 0.119 e. The lowest BCUT2D eigenvalue weighted by Crippen LogP contribution is -2.27. The lowest BCUT2D eigenvalue weighted by molar-refractivity contribution is 0.257. The molecular formula is C17H25ClO. The molecule has 106 valence electrons. The highest BCUT2D eigenvalue weighted by Crippen LogP contribution is 2.37. The van der Waals surface area contributed by atoms with Gasteiger partial charge in [-0.15, -0.1) is 11.6 Å². The van der Waals surface area contributed by atoms with Gasteiger partial charge in [0.25, 0.3) is 0 Å². The predicted molar refractivity (Wildman–Crippen MR) is 82.1 cm³/mol. The quantitative estimate of drug-likeness (QED) is 0.685. The van der Waals surface area contributed by atoms with E-state index in [0.29, 0.717) is 11.3 Å². The van der Waals surface area contributed by atoms with Gasteiger partial charge in [0.2, 0.25) is 0 Å². The number of halogens is 1. The van der Waals surface area contributed by atoms with Crippen LogP contribution in [0.15, 0.2) is 24.3 Å². The normalized spacial score (nSPS) is 27.2. The molecule has 0 aliphatic heterocycles. The minimum atomic E-state index is 0.347. The summed E-state index contributed by atoms with van der Waals surface area (Å²) < 4.78 is 5.30. The lowest BCUT2D eigenvalue weighted by Gasteiger charge is -2.33. The predicted octanol–water partition coefficient (Wildman–Crippen LogP) is 5.06. The fourth-order valence-electron chi connectivity index (χ4n) is 3.31. The summed E-state index contributed by atoms with van der Waals surface area (Å²) in [6, 6.07) is 8.41. The van der Waals surface area contributed by atoms with Crippen molar-refractivity contribution in [1.29, 1.82) is 0 Å². The molecule has 2 rings (SSSR count). The summed E-state index contributed by atoms with van der Waals surface area (Å²) in [5, 5.41) is 0.347. The van der Waals surface area contributed by atoms with Gasteiger partial charge >= 0.3 is 0 Å². The summed E-state index contributed by atoms with van der Waals surface area (Å²) >= 11 is 6.54. The minimum absolute atomic E-state index is 0.347. The van der Waals surface area contributed by atoms with E-state index in [1.54, 1.807) is 7.11 Å². The number of rotatable bonds is 5. The van der Waals surface area contributed by atoms with Gasteiger partial charge in [-0.3, -0.25) is 0 Å². The smallest absolute Gasteiger partial charge is 0.119 e. The van der Waals surface area contributed by atoms with Crippen molar-refractivity contribution in [2.24, 2.45) is 11.8 Å². The number of alkyl halides is 1. The van der Waals surface area contributed by atoms with Gasteiger partial charge in [0.1, 0.15) is 5.75 Å². The van der Waals surface area contributed by atoms with Crippen molar-refractivity contribution >= 4 is 11.6 Å². The zero-order valence-electron chi connectivity index (χ0n) is 12.1. The van der Waals surface area contributed by atoms with Crippen LogP contribution in [0.2, 0.25) is 0 Å². The van der Waals surface area contributed by atoms with E-state index in [4.69, 9.17) is 16.3 Å². The number of methoxy groups -OCH3 is 1. The highest BCUT2D eigenvalue weighted by molar-refractivity contribution is 6.20. The fourth-order valence-corrected chi connectivity index (χ4v) is 3.63. The first-order valence-corrected chi connectivity index (χ1v) is 7.93. The van der Waals surface area contributed by atoms with Crippen molar-refractivity contribution in [3.05, 3.63) is 29.8 Å². The summed E-state index contributed by atoms with van der Waals surface area (Å²) in [6.45, 7) is 2.28. The Bertz CT molecular complexity index is 391. The molecule has 3 atom stereocenters. The zero-order chi connectivity index (χ0) is 13.7. The molecule has 0 aromatic heterocycles. The maximum absolute atomic E-state index is 6.54. The average Bonchev–Trinajstić information content (AvgIpc) is 2.43. The van der Waals surface area contributed by atoms with E-state index in [0.717, 1.165) is 18.1 Å². The van der Waals surface area contributed by atoms with E-state index in [-0.39, 0.29) is 0 Å². The second-order valence-electron chi connectivity index (χ2n) is 5.80. The van der Waals surface area contributed by atoms with Crippen LogP contribution in [-0.4, -0.2) is 12.5 Å². The Morgan fingerprint density at radius 3 is 2.89 bits per heavy atom. The van der Waals surface area contributed by atoms with Gasteiger partial charge in [-0.1, -0.05) is 31.9 Å². The molecule has 0 N–H and O–H groups in total. The summed E-state index contributed by atoms with van der Waals surface area (Å²) in [7, 11) is 1.72. The van der Waals surface area contributed by atoms with E-state index >= 15 is 0 Å². The van der Waals surface area contributed by atoms with Crippen LogP contribution >= 0.6 is 11.6 Å². The largest absolute Gasteiger partial charge is 0.497 e. The minimum Gasteiger partial charge on any atom is -0.497 e. The van der Waals surface area contributed by atoms with Crippen LogP contribution in [-0.2, 0) is 6.42 Å². The summed E-state index contributed by atoms with van der Waals surface area (Å²) in [5.41, 5.74) is 1.35. The molecule has 19 heavy (non-hydrogen) atoms. The molecule has 1 fully saturated rings. The van der Waals surface area contributed by atoms with Crippen molar-refractivity contribution in [2.45, 2.75) is 50.8 Å². The molecule has 3 unspecified atom stereocenters. The molecule has 1 saturated carbocycles. The summed E-state index contributed by atoms with van der Waals surface area (Å²) in [4.78, 5) is 0. The van der Waals surface area contributed by atoms with E-state index in [9.17, 15) is 0 Å². The molecule has 0 heterocycles. The van der Waals surface area contributed by atoms with Crippen molar-refractivity contribution in [2.75, 3.05) is 7.11 Å². The van der Waals surface area contributed by atoms with Gasteiger partial charge < -0.3 is 4.74 Å². The second kappa shape index (κ2) is 7.19. The van der Waals surface area contributed by atoms with Crippen molar-refractivity contribution < 1.29 is 4.74 Å². The van der Waals surface area contributed by atoms with E-state index < -0.39 is 0 Å². The van der Waals surface area contributed by atoms with Gasteiger partial charge in [-0.2, -0.15) is 0 Å². The van der Waals surface area contributed by atoms with Crippen LogP contribution in [0.25, 0.3) is 0 Å². The molecular weight excluding hydrogens is 256 g/mol. The third-order valence-electron chi connectivity index (χ3n) is 4.33. The van der Waals surface area contributed by atoms with Gasteiger partial charge in [-0.05, 0) is 55.2 Å². The Morgan fingerprint density at radius 1 is 1.32 bits per heavy atom. The van der Waals surface area contributed by atoms with Gasteiger partial charge in [0.15, 0.2) is 0 Å². The number of hydrogen-bond donors (Lipinski definition) is 0. The van der Waals surface area contributed by atoms with Crippen molar-refractivity contribution in [3.63, 3.8) is 0 Å². The fraction of sp³-hybridized carbons (Fsp3) is 0.647. The van der Waals surface area contributed by atoms with Crippen LogP contribution in [0.4, 0.5) is 0 Å². The van der Waals surface area contributed by atoms with Crippen LogP contribution in [0.3, 0.4) is 0 Å². The molecule has 0 bridgehead atoms. The van der Waals surface area contributed by atoms with Crippen LogP contribution in [0.5, 0.6) is 5.75 Å². The standard InChI is InChI=1S/C17H25ClO/c1-3-5-13-8-9-17(18)15(10-13)11-14-6-4-7-16(12-14)19-2/h4,6-7,12-13,15,17H,3,5,8-11H2,1-2H3. The Kier molecular flexibility index (Phi) is 5.57. The third kappa shape index (κ3) is 4.14. The highest BCUT2D eigenvalue weighted by Gasteiger charge is 2.28. The van der Waals surface area contributed by atoms with Crippen molar-refractivity contribution in [1.82, 2.24) is 0 Å². The number of ether oxygens (including phenoxy) is 1. The van der Waals surface area contributed by atoms with Crippen LogP contribution in [0, 0.1) is 11.8 Å². The average molecular weight is 281 g/mol. The summed E-state index contributed by atoms with van der Waals surface area (Å²) in [6.07, 6.45) is 7.53. The van der Waals surface area contributed by atoms with Gasteiger partial charge in [-0.25, -0.2) is 0 Å². The molecule has 1 aromatic rings. The zero-order valence-corrected chi connectivity index (χ0v) is 12.8. The van der Waals surface area contributed by atoms with Gasteiger partial charge in [0, 0.05) is 5.38 Å². The molecule has 1 aliphatic carbocycles. The monoisotopic (exact) mass is 280 g/mol. The third-order valence-corrected chi connectivity index (χ3v) is 4.90. The molecule has 2 heteroatoms. The van der Waals surface area contributed by atoms with E-state index in [1.807, 2.05) is 6.07 Å². The Morgan fingerprint density at radius 2 is 2.16 bits per heavy atom. The Balaban J connectivity index is 1.99. The number of hydrogen-bond acceptors (Lipinski definition) is 1. The molecule has 0 spiro atoms. The van der Waals surface area contributed by atoms with E-state index in [2.05, 4.69) is 25.1 Å². The summed E-state index contributed by atoms with van der Waals surface area (Å²) in [5.74, 6) is 2.46. The first-order valence-electron chi connectivity index (χ1n) is 7.50. The second-order valence-corrected chi connectivity index (χ2v) is 6.36. The SMILES string of the molecule is CCCC1CCC(Cl)C(Cc2cccc(OC)c2)C1. The highest BCUT2D eigenvalue weighted by atomic mass is 35.5. The van der Waals surface area contributed by atoms with Gasteiger partial charge in [0.05, 0.1) is 7.11 Å². The Labute approximate surface area is 122 Å². The Hall–Kier alpha value is -0.690. The molecule has 1 aromatic carbocycles. The molecule has 0 amide bonds. The van der Waals surface area contributed by atoms with Crippen molar-refractivity contribution in [3.8, 4) is 5.75 Å². The maximum atomic E-state index is 6.54. The molecule has 1 aliphatic rings. The first-order chi connectivity index (χ1) is 9.22. The van der Waals surface area contributed by atoms with Crippen LogP contribution in [0.1, 0.15) is 44.6 Å². The molecule has 0 saturated heterocycles.